The van der Waals surface area contributed by atoms with E-state index in [0.29, 0.717) is 0 Å². The number of hydrogen-bond donors (Lipinski definition) is 1. The van der Waals surface area contributed by atoms with Gasteiger partial charge in [0.15, 0.2) is 0 Å². The van der Waals surface area contributed by atoms with Gasteiger partial charge in [-0.25, -0.2) is 13.8 Å². The fourth-order valence-corrected chi connectivity index (χ4v) is 2.80. The number of aryl methyl sites for hydroxylation is 1. The number of aromatic nitrogens is 2. The van der Waals surface area contributed by atoms with Crippen molar-refractivity contribution in [3.63, 3.8) is 0 Å². The van der Waals surface area contributed by atoms with Gasteiger partial charge in [-0.1, -0.05) is 27.5 Å². The maximum Gasteiger partial charge on any atom is 0.142 e. The van der Waals surface area contributed by atoms with Crippen molar-refractivity contribution in [1.29, 1.82) is 0 Å². The van der Waals surface area contributed by atoms with Gasteiger partial charge in [-0.2, -0.15) is 0 Å². The zero-order valence-corrected chi connectivity index (χ0v) is 12.6. The van der Waals surface area contributed by atoms with Crippen LogP contribution in [-0.2, 0) is 0 Å². The highest BCUT2D eigenvalue weighted by atomic mass is 79.9. The average molecular weight is 358 g/mol. The molecule has 0 aliphatic carbocycles. The van der Waals surface area contributed by atoms with E-state index in [0.717, 1.165) is 33.2 Å². The van der Waals surface area contributed by atoms with Crippen LogP contribution in [0, 0.1) is 18.6 Å². The minimum Gasteiger partial charge on any atom is -0.338 e. The molecule has 2 aromatic carbocycles. The van der Waals surface area contributed by atoms with Crippen molar-refractivity contribution in [2.24, 2.45) is 0 Å². The number of nitrogens with one attached hydrogen (secondary N) is 1. The number of halogens is 4. The summed E-state index contributed by atoms with van der Waals surface area (Å²) in [6.07, 6.45) is 0. The van der Waals surface area contributed by atoms with Crippen molar-refractivity contribution in [2.75, 3.05) is 0 Å². The summed E-state index contributed by atoms with van der Waals surface area (Å²) < 4.78 is 28.3. The lowest BCUT2D eigenvalue weighted by Crippen LogP contribution is -1.89. The van der Waals surface area contributed by atoms with E-state index in [1.165, 1.54) is 0 Å². The summed E-state index contributed by atoms with van der Waals surface area (Å²) in [5.74, 6) is -1.03. The summed E-state index contributed by atoms with van der Waals surface area (Å²) in [6.45, 7) is 1.90. The zero-order chi connectivity index (χ0) is 14.4. The van der Waals surface area contributed by atoms with Crippen LogP contribution in [0.25, 0.3) is 22.4 Å². The Morgan fingerprint density at radius 1 is 1.15 bits per heavy atom. The molecule has 1 aromatic heterocycles. The number of fused-ring (bicyclic) bond motifs is 1. The Balaban J connectivity index is 2.25. The molecule has 0 bridgehead atoms. The molecular weight excluding hydrogens is 350 g/mol. The Hall–Kier alpha value is -1.46. The molecule has 20 heavy (non-hydrogen) atoms. The highest BCUT2D eigenvalue weighted by Gasteiger charge is 2.15. The van der Waals surface area contributed by atoms with Crippen molar-refractivity contribution in [3.05, 3.63) is 51.0 Å². The average Bonchev–Trinajstić information content (AvgIpc) is 2.77. The minimum absolute atomic E-state index is 0.0543. The number of nitrogens with zero attached hydrogens (tertiary/aromatic N) is 1. The molecule has 0 fully saturated rings. The Morgan fingerprint density at radius 2 is 1.90 bits per heavy atom. The molecule has 0 amide bonds. The predicted octanol–water partition coefficient (Wildman–Crippen LogP) is 5.23. The molecule has 0 radical (unpaired) electrons. The minimum atomic E-state index is -0.679. The van der Waals surface area contributed by atoms with Gasteiger partial charge in [0, 0.05) is 4.47 Å². The van der Waals surface area contributed by atoms with Crippen molar-refractivity contribution in [2.45, 2.75) is 6.92 Å². The summed E-state index contributed by atoms with van der Waals surface area (Å²) in [5, 5.41) is -0.249. The van der Waals surface area contributed by atoms with Crippen LogP contribution < -0.4 is 0 Å². The van der Waals surface area contributed by atoms with Crippen LogP contribution in [0.3, 0.4) is 0 Å². The van der Waals surface area contributed by atoms with E-state index in [2.05, 4.69) is 25.9 Å². The number of hydrogen-bond acceptors (Lipinski definition) is 1. The second-order valence-electron chi connectivity index (χ2n) is 4.45. The zero-order valence-electron chi connectivity index (χ0n) is 10.3. The molecule has 1 N–H and O–H groups in total. The standard InChI is InChI=1S/C14H8BrClF2N2/c1-6-2-7(15)3-12-13(6)20-14(19-12)8-4-11(18)9(16)5-10(8)17/h2-5H,1H3,(H,19,20). The largest absolute Gasteiger partial charge is 0.338 e. The third-order valence-corrected chi connectivity index (χ3v) is 3.75. The van der Waals surface area contributed by atoms with E-state index < -0.39 is 11.6 Å². The van der Waals surface area contributed by atoms with Gasteiger partial charge in [0.25, 0.3) is 0 Å². The van der Waals surface area contributed by atoms with Crippen molar-refractivity contribution >= 4 is 38.6 Å². The van der Waals surface area contributed by atoms with Crippen LogP contribution >= 0.6 is 27.5 Å². The summed E-state index contributed by atoms with van der Waals surface area (Å²) in [4.78, 5) is 7.32. The fraction of sp³-hybridized carbons (Fsp3) is 0.0714. The molecule has 1 heterocycles. The van der Waals surface area contributed by atoms with Crippen LogP contribution in [0.2, 0.25) is 5.02 Å². The van der Waals surface area contributed by atoms with E-state index in [1.54, 1.807) is 0 Å². The quantitative estimate of drug-likeness (QED) is 0.593. The lowest BCUT2D eigenvalue weighted by atomic mass is 10.2. The second-order valence-corrected chi connectivity index (χ2v) is 5.77. The molecule has 2 nitrogen and oxygen atoms in total. The first-order valence-electron chi connectivity index (χ1n) is 5.76. The van der Waals surface area contributed by atoms with Gasteiger partial charge in [-0.15, -0.1) is 0 Å². The molecule has 0 saturated carbocycles. The smallest absolute Gasteiger partial charge is 0.142 e. The summed E-state index contributed by atoms with van der Waals surface area (Å²) in [5.41, 5.74) is 2.46. The third kappa shape index (κ3) is 2.21. The number of imidazole rings is 1. The van der Waals surface area contributed by atoms with Crippen LogP contribution in [0.15, 0.2) is 28.7 Å². The predicted molar refractivity (Wildman–Crippen MR) is 78.9 cm³/mol. The van der Waals surface area contributed by atoms with Gasteiger partial charge in [0.05, 0.1) is 21.6 Å². The normalized spacial score (nSPS) is 11.2. The fourth-order valence-electron chi connectivity index (χ4n) is 2.08. The second kappa shape index (κ2) is 4.82. The highest BCUT2D eigenvalue weighted by molar-refractivity contribution is 9.10. The van der Waals surface area contributed by atoms with Crippen LogP contribution in [-0.4, -0.2) is 9.97 Å². The van der Waals surface area contributed by atoms with Gasteiger partial charge in [-0.05, 0) is 36.8 Å². The molecule has 0 atom stereocenters. The summed E-state index contributed by atoms with van der Waals surface area (Å²) in [7, 11) is 0. The van der Waals surface area contributed by atoms with E-state index in [9.17, 15) is 8.78 Å². The number of aromatic amines is 1. The van der Waals surface area contributed by atoms with Gasteiger partial charge in [-0.3, -0.25) is 0 Å². The SMILES string of the molecule is Cc1cc(Br)cc2[nH]c(-c3cc(F)c(Cl)cc3F)nc12. The van der Waals surface area contributed by atoms with Gasteiger partial charge in [0.2, 0.25) is 0 Å². The molecule has 102 valence electrons. The first kappa shape index (κ1) is 13.5. The van der Waals surface area contributed by atoms with Crippen LogP contribution in [0.5, 0.6) is 0 Å². The summed E-state index contributed by atoms with van der Waals surface area (Å²) >= 11 is 8.93. The molecular formula is C14H8BrClF2N2. The lowest BCUT2D eigenvalue weighted by molar-refractivity contribution is 0.602. The third-order valence-electron chi connectivity index (χ3n) is 3.01. The van der Waals surface area contributed by atoms with Gasteiger partial charge in [0.1, 0.15) is 17.5 Å². The number of rotatable bonds is 1. The monoisotopic (exact) mass is 356 g/mol. The maximum absolute atomic E-state index is 13.9. The maximum atomic E-state index is 13.9. The van der Waals surface area contributed by atoms with E-state index >= 15 is 0 Å². The Bertz CT molecular complexity index is 830. The Morgan fingerprint density at radius 3 is 2.65 bits per heavy atom. The topological polar surface area (TPSA) is 28.7 Å². The van der Waals surface area contributed by atoms with Crippen molar-refractivity contribution in [3.8, 4) is 11.4 Å². The molecule has 3 aromatic rings. The van der Waals surface area contributed by atoms with Gasteiger partial charge < -0.3 is 4.98 Å². The number of benzene rings is 2. The van der Waals surface area contributed by atoms with Crippen LogP contribution in [0.1, 0.15) is 5.56 Å². The van der Waals surface area contributed by atoms with Crippen molar-refractivity contribution < 1.29 is 8.78 Å². The molecule has 3 rings (SSSR count). The molecule has 0 unspecified atom stereocenters. The molecule has 0 spiro atoms. The molecule has 0 aliphatic rings. The van der Waals surface area contributed by atoms with E-state index in [1.807, 2.05) is 19.1 Å². The van der Waals surface area contributed by atoms with Crippen LogP contribution in [0.4, 0.5) is 8.78 Å². The highest BCUT2D eigenvalue weighted by Crippen LogP contribution is 2.29. The first-order chi connectivity index (χ1) is 9.45. The molecule has 0 aliphatic heterocycles. The Labute approximate surface area is 126 Å². The van der Waals surface area contributed by atoms with E-state index in [4.69, 9.17) is 11.6 Å². The molecule has 0 saturated heterocycles. The van der Waals surface area contributed by atoms with Crippen molar-refractivity contribution in [1.82, 2.24) is 9.97 Å². The summed E-state index contributed by atoms with van der Waals surface area (Å²) in [6, 6.07) is 5.73. The molecule has 6 heteroatoms. The lowest BCUT2D eigenvalue weighted by Gasteiger charge is -2.01. The first-order valence-corrected chi connectivity index (χ1v) is 6.93. The van der Waals surface area contributed by atoms with Gasteiger partial charge >= 0.3 is 0 Å². The number of H-pyrrole nitrogens is 1. The Kier molecular flexibility index (Phi) is 3.26. The van der Waals surface area contributed by atoms with E-state index in [-0.39, 0.29) is 16.4 Å².